The lowest BCUT2D eigenvalue weighted by Crippen LogP contribution is -2.16. The Hall–Kier alpha value is -0.780. The van der Waals surface area contributed by atoms with Gasteiger partial charge in [0.2, 0.25) is 6.79 Å². The second-order valence-electron chi connectivity index (χ2n) is 4.90. The van der Waals surface area contributed by atoms with Gasteiger partial charge in [0.25, 0.3) is 0 Å². The van der Waals surface area contributed by atoms with Crippen molar-refractivity contribution < 1.29 is 14.6 Å². The standard InChI is InChI=1S/C14H20BrNO3/c1-10(8-17)3-2-4-16-7-11-5-13-14(6-12(11)15)19-9-18-13/h5-6,10,16-17H,2-4,7-9H2,1H3. The topological polar surface area (TPSA) is 50.7 Å². The number of aliphatic hydroxyl groups excluding tert-OH is 1. The summed E-state index contributed by atoms with van der Waals surface area (Å²) in [6.45, 7) is 4.38. The summed E-state index contributed by atoms with van der Waals surface area (Å²) >= 11 is 3.54. The fourth-order valence-electron chi connectivity index (χ4n) is 1.98. The van der Waals surface area contributed by atoms with Crippen molar-refractivity contribution in [3.63, 3.8) is 0 Å². The summed E-state index contributed by atoms with van der Waals surface area (Å²) in [5.74, 6) is 2.00. The Kier molecular flexibility index (Phi) is 5.48. The number of hydrogen-bond donors (Lipinski definition) is 2. The Morgan fingerprint density at radius 3 is 2.84 bits per heavy atom. The molecule has 0 bridgehead atoms. The van der Waals surface area contributed by atoms with Crippen LogP contribution in [0.15, 0.2) is 16.6 Å². The Morgan fingerprint density at radius 2 is 2.11 bits per heavy atom. The highest BCUT2D eigenvalue weighted by atomic mass is 79.9. The highest BCUT2D eigenvalue weighted by molar-refractivity contribution is 9.10. The van der Waals surface area contributed by atoms with Crippen molar-refractivity contribution in [1.29, 1.82) is 0 Å². The number of rotatable bonds is 7. The van der Waals surface area contributed by atoms with Gasteiger partial charge in [-0.2, -0.15) is 0 Å². The van der Waals surface area contributed by atoms with Crippen LogP contribution in [0.2, 0.25) is 0 Å². The lowest BCUT2D eigenvalue weighted by Gasteiger charge is -2.10. The van der Waals surface area contributed by atoms with Crippen LogP contribution in [0.3, 0.4) is 0 Å². The molecule has 0 saturated heterocycles. The molecule has 19 heavy (non-hydrogen) atoms. The second-order valence-corrected chi connectivity index (χ2v) is 5.76. The second kappa shape index (κ2) is 7.12. The van der Waals surface area contributed by atoms with Crippen LogP contribution in [0, 0.1) is 5.92 Å². The van der Waals surface area contributed by atoms with Gasteiger partial charge in [-0.05, 0) is 43.0 Å². The summed E-state index contributed by atoms with van der Waals surface area (Å²) in [6, 6.07) is 3.96. The van der Waals surface area contributed by atoms with E-state index >= 15 is 0 Å². The van der Waals surface area contributed by atoms with E-state index < -0.39 is 0 Å². The molecule has 0 aliphatic carbocycles. The summed E-state index contributed by atoms with van der Waals surface area (Å²) < 4.78 is 11.7. The molecule has 1 unspecified atom stereocenters. The third-order valence-corrected chi connectivity index (χ3v) is 3.96. The van der Waals surface area contributed by atoms with Crippen LogP contribution in [0.1, 0.15) is 25.3 Å². The first-order valence-corrected chi connectivity index (χ1v) is 7.39. The quantitative estimate of drug-likeness (QED) is 0.755. The molecule has 0 amide bonds. The molecule has 0 fully saturated rings. The van der Waals surface area contributed by atoms with Gasteiger partial charge in [0.15, 0.2) is 11.5 Å². The Labute approximate surface area is 122 Å². The molecule has 5 heteroatoms. The van der Waals surface area contributed by atoms with Crippen LogP contribution >= 0.6 is 15.9 Å². The van der Waals surface area contributed by atoms with Crippen molar-refractivity contribution in [3.8, 4) is 11.5 Å². The molecular weight excluding hydrogens is 310 g/mol. The normalized spacial score (nSPS) is 14.7. The van der Waals surface area contributed by atoms with Crippen LogP contribution in [0.5, 0.6) is 11.5 Å². The summed E-state index contributed by atoms with van der Waals surface area (Å²) in [6.07, 6.45) is 2.12. The lowest BCUT2D eigenvalue weighted by atomic mass is 10.1. The summed E-state index contributed by atoms with van der Waals surface area (Å²) in [5.41, 5.74) is 1.17. The monoisotopic (exact) mass is 329 g/mol. The molecule has 2 rings (SSSR count). The van der Waals surface area contributed by atoms with E-state index in [0.29, 0.717) is 12.7 Å². The average Bonchev–Trinajstić information content (AvgIpc) is 2.85. The molecule has 1 aliphatic heterocycles. The number of nitrogens with one attached hydrogen (secondary N) is 1. The summed E-state index contributed by atoms with van der Waals surface area (Å²) in [7, 11) is 0. The Morgan fingerprint density at radius 1 is 1.37 bits per heavy atom. The molecule has 0 aromatic heterocycles. The Balaban J connectivity index is 1.77. The van der Waals surface area contributed by atoms with E-state index in [2.05, 4.69) is 28.2 Å². The molecule has 0 radical (unpaired) electrons. The zero-order chi connectivity index (χ0) is 13.7. The molecule has 4 nitrogen and oxygen atoms in total. The van der Waals surface area contributed by atoms with Gasteiger partial charge < -0.3 is 19.9 Å². The van der Waals surface area contributed by atoms with E-state index in [1.165, 1.54) is 5.56 Å². The highest BCUT2D eigenvalue weighted by Gasteiger charge is 2.15. The van der Waals surface area contributed by atoms with Gasteiger partial charge >= 0.3 is 0 Å². The third-order valence-electron chi connectivity index (χ3n) is 3.22. The highest BCUT2D eigenvalue weighted by Crippen LogP contribution is 2.36. The molecule has 0 spiro atoms. The minimum absolute atomic E-state index is 0.272. The van der Waals surface area contributed by atoms with Gasteiger partial charge in [-0.25, -0.2) is 0 Å². The minimum Gasteiger partial charge on any atom is -0.454 e. The molecule has 1 heterocycles. The number of ether oxygens (including phenoxy) is 2. The van der Waals surface area contributed by atoms with E-state index in [-0.39, 0.29) is 6.61 Å². The number of hydrogen-bond acceptors (Lipinski definition) is 4. The van der Waals surface area contributed by atoms with Crippen molar-refractivity contribution >= 4 is 15.9 Å². The largest absolute Gasteiger partial charge is 0.454 e. The fraction of sp³-hybridized carbons (Fsp3) is 0.571. The molecule has 1 aliphatic rings. The van der Waals surface area contributed by atoms with Gasteiger partial charge in [0, 0.05) is 17.6 Å². The van der Waals surface area contributed by atoms with Crippen LogP contribution in [0.4, 0.5) is 0 Å². The summed E-state index contributed by atoms with van der Waals surface area (Å²) in [5, 5.41) is 12.3. The molecule has 1 aromatic rings. The predicted octanol–water partition coefficient (Wildman–Crippen LogP) is 2.68. The van der Waals surface area contributed by atoms with Crippen LogP contribution in [-0.4, -0.2) is 25.1 Å². The van der Waals surface area contributed by atoms with E-state index in [1.807, 2.05) is 12.1 Å². The molecular formula is C14H20BrNO3. The SMILES string of the molecule is CC(CO)CCCNCc1cc2c(cc1Br)OCO2. The maximum absolute atomic E-state index is 8.94. The Bertz CT molecular complexity index is 425. The molecule has 1 atom stereocenters. The van der Waals surface area contributed by atoms with Crippen LogP contribution in [0.25, 0.3) is 0 Å². The molecule has 106 valence electrons. The van der Waals surface area contributed by atoms with E-state index in [1.54, 1.807) is 0 Å². The van der Waals surface area contributed by atoms with E-state index in [9.17, 15) is 0 Å². The fourth-order valence-corrected chi connectivity index (χ4v) is 2.45. The smallest absolute Gasteiger partial charge is 0.231 e. The number of fused-ring (bicyclic) bond motifs is 1. The predicted molar refractivity (Wildman–Crippen MR) is 77.5 cm³/mol. The third kappa shape index (κ3) is 4.09. The van der Waals surface area contributed by atoms with Gasteiger partial charge in [-0.1, -0.05) is 22.9 Å². The lowest BCUT2D eigenvalue weighted by molar-refractivity contribution is 0.174. The van der Waals surface area contributed by atoms with Crippen molar-refractivity contribution in [2.45, 2.75) is 26.3 Å². The van der Waals surface area contributed by atoms with Gasteiger partial charge in [-0.3, -0.25) is 0 Å². The molecule has 0 saturated carbocycles. The van der Waals surface area contributed by atoms with Gasteiger partial charge in [-0.15, -0.1) is 0 Å². The summed E-state index contributed by atoms with van der Waals surface area (Å²) in [4.78, 5) is 0. The van der Waals surface area contributed by atoms with Crippen LogP contribution in [-0.2, 0) is 6.54 Å². The van der Waals surface area contributed by atoms with Crippen molar-refractivity contribution in [1.82, 2.24) is 5.32 Å². The first kappa shape index (κ1) is 14.6. The van der Waals surface area contributed by atoms with Crippen molar-refractivity contribution in [2.75, 3.05) is 19.9 Å². The van der Waals surface area contributed by atoms with E-state index in [4.69, 9.17) is 14.6 Å². The van der Waals surface area contributed by atoms with Crippen molar-refractivity contribution in [3.05, 3.63) is 22.2 Å². The van der Waals surface area contributed by atoms with E-state index in [0.717, 1.165) is 41.9 Å². The zero-order valence-corrected chi connectivity index (χ0v) is 12.7. The number of benzene rings is 1. The average molecular weight is 330 g/mol. The maximum atomic E-state index is 8.94. The molecule has 2 N–H and O–H groups in total. The van der Waals surface area contributed by atoms with Gasteiger partial charge in [0.1, 0.15) is 0 Å². The number of halogens is 1. The van der Waals surface area contributed by atoms with Gasteiger partial charge in [0.05, 0.1) is 0 Å². The number of aliphatic hydroxyl groups is 1. The first-order chi connectivity index (χ1) is 9.20. The first-order valence-electron chi connectivity index (χ1n) is 6.60. The molecule has 1 aromatic carbocycles. The van der Waals surface area contributed by atoms with Crippen LogP contribution < -0.4 is 14.8 Å². The minimum atomic E-state index is 0.272. The zero-order valence-electron chi connectivity index (χ0n) is 11.1. The maximum Gasteiger partial charge on any atom is 0.231 e. The van der Waals surface area contributed by atoms with Crippen molar-refractivity contribution in [2.24, 2.45) is 5.92 Å².